The average molecular weight is 165 g/mol. The largest absolute Gasteiger partial charge is 0.321 e. The van der Waals surface area contributed by atoms with Crippen molar-refractivity contribution < 1.29 is 4.39 Å². The Morgan fingerprint density at radius 3 is 2.58 bits per heavy atom. The summed E-state index contributed by atoms with van der Waals surface area (Å²) in [6.45, 7) is 1.91. The molecule has 1 aliphatic rings. The zero-order chi connectivity index (χ0) is 8.77. The highest BCUT2D eigenvalue weighted by Gasteiger charge is 2.40. The summed E-state index contributed by atoms with van der Waals surface area (Å²) in [5.41, 5.74) is 7.92. The van der Waals surface area contributed by atoms with E-state index < -0.39 is 0 Å². The van der Waals surface area contributed by atoms with Crippen molar-refractivity contribution in [2.75, 3.05) is 0 Å². The van der Waals surface area contributed by atoms with E-state index in [0.717, 1.165) is 24.0 Å². The first-order valence-electron chi connectivity index (χ1n) is 4.17. The fraction of sp³-hybridized carbons (Fsp3) is 0.400. The highest BCUT2D eigenvalue weighted by molar-refractivity contribution is 5.36. The van der Waals surface area contributed by atoms with Crippen LogP contribution in [0.2, 0.25) is 0 Å². The van der Waals surface area contributed by atoms with Gasteiger partial charge in [0.25, 0.3) is 0 Å². The first-order valence-corrected chi connectivity index (χ1v) is 4.17. The number of rotatable bonds is 1. The summed E-state index contributed by atoms with van der Waals surface area (Å²) in [6.07, 6.45) is 2.05. The maximum Gasteiger partial charge on any atom is 0.123 e. The van der Waals surface area contributed by atoms with Crippen LogP contribution in [-0.2, 0) is 5.54 Å². The van der Waals surface area contributed by atoms with Gasteiger partial charge in [-0.2, -0.15) is 0 Å². The molecule has 0 unspecified atom stereocenters. The second-order valence-electron chi connectivity index (χ2n) is 3.62. The van der Waals surface area contributed by atoms with Gasteiger partial charge in [0.15, 0.2) is 0 Å². The Hall–Kier alpha value is -0.890. The van der Waals surface area contributed by atoms with Crippen molar-refractivity contribution in [1.29, 1.82) is 0 Å². The maximum atomic E-state index is 12.7. The van der Waals surface area contributed by atoms with Crippen molar-refractivity contribution in [2.45, 2.75) is 25.3 Å². The van der Waals surface area contributed by atoms with Gasteiger partial charge in [-0.05, 0) is 43.0 Å². The minimum Gasteiger partial charge on any atom is -0.321 e. The van der Waals surface area contributed by atoms with Gasteiger partial charge in [-0.1, -0.05) is 6.07 Å². The molecule has 0 radical (unpaired) electrons. The molecule has 0 spiro atoms. The Balaban J connectivity index is 2.45. The molecule has 2 heteroatoms. The van der Waals surface area contributed by atoms with Crippen LogP contribution < -0.4 is 5.73 Å². The van der Waals surface area contributed by atoms with Gasteiger partial charge in [-0.15, -0.1) is 0 Å². The molecule has 2 rings (SSSR count). The summed E-state index contributed by atoms with van der Waals surface area (Å²) in [5, 5.41) is 0. The van der Waals surface area contributed by atoms with Gasteiger partial charge in [0.05, 0.1) is 0 Å². The zero-order valence-corrected chi connectivity index (χ0v) is 7.10. The molecule has 1 fully saturated rings. The number of hydrogen-bond donors (Lipinski definition) is 1. The second kappa shape index (κ2) is 2.30. The van der Waals surface area contributed by atoms with Gasteiger partial charge in [0, 0.05) is 5.54 Å². The quantitative estimate of drug-likeness (QED) is 0.677. The van der Waals surface area contributed by atoms with E-state index in [9.17, 15) is 4.39 Å². The molecule has 2 N–H and O–H groups in total. The molecular formula is C10H12FN. The number of benzene rings is 1. The van der Waals surface area contributed by atoms with Gasteiger partial charge >= 0.3 is 0 Å². The molecule has 1 aromatic rings. The summed E-state index contributed by atoms with van der Waals surface area (Å²) >= 11 is 0. The highest BCUT2D eigenvalue weighted by atomic mass is 19.1. The third-order valence-corrected chi connectivity index (χ3v) is 2.51. The van der Waals surface area contributed by atoms with Crippen LogP contribution in [0.3, 0.4) is 0 Å². The fourth-order valence-corrected chi connectivity index (χ4v) is 1.59. The van der Waals surface area contributed by atoms with E-state index in [0.29, 0.717) is 0 Å². The van der Waals surface area contributed by atoms with Gasteiger partial charge in [0.2, 0.25) is 0 Å². The van der Waals surface area contributed by atoms with Gasteiger partial charge < -0.3 is 5.73 Å². The lowest BCUT2D eigenvalue weighted by atomic mass is 10.0. The second-order valence-corrected chi connectivity index (χ2v) is 3.62. The molecule has 1 saturated carbocycles. The Labute approximate surface area is 71.4 Å². The number of hydrogen-bond acceptors (Lipinski definition) is 1. The zero-order valence-electron chi connectivity index (χ0n) is 7.10. The van der Waals surface area contributed by atoms with Crippen molar-refractivity contribution in [2.24, 2.45) is 5.73 Å². The van der Waals surface area contributed by atoms with Gasteiger partial charge in [0.1, 0.15) is 5.82 Å². The highest BCUT2D eigenvalue weighted by Crippen LogP contribution is 2.43. The van der Waals surface area contributed by atoms with Crippen LogP contribution in [0.5, 0.6) is 0 Å². The van der Waals surface area contributed by atoms with Crippen LogP contribution in [0, 0.1) is 12.7 Å². The third-order valence-electron chi connectivity index (χ3n) is 2.51. The molecule has 0 bridgehead atoms. The lowest BCUT2D eigenvalue weighted by Gasteiger charge is -2.11. The van der Waals surface area contributed by atoms with Crippen molar-refractivity contribution in [1.82, 2.24) is 0 Å². The topological polar surface area (TPSA) is 26.0 Å². The van der Waals surface area contributed by atoms with Crippen LogP contribution in [0.15, 0.2) is 18.2 Å². The van der Waals surface area contributed by atoms with Crippen LogP contribution >= 0.6 is 0 Å². The van der Waals surface area contributed by atoms with E-state index in [2.05, 4.69) is 0 Å². The third kappa shape index (κ3) is 1.12. The van der Waals surface area contributed by atoms with E-state index >= 15 is 0 Å². The van der Waals surface area contributed by atoms with Gasteiger partial charge in [-0.3, -0.25) is 0 Å². The summed E-state index contributed by atoms with van der Waals surface area (Å²) < 4.78 is 12.7. The van der Waals surface area contributed by atoms with E-state index in [4.69, 9.17) is 5.73 Å². The molecule has 0 aromatic heterocycles. The molecule has 1 aliphatic carbocycles. The lowest BCUT2D eigenvalue weighted by molar-refractivity contribution is 0.622. The molecule has 0 saturated heterocycles. The number of halogens is 1. The van der Waals surface area contributed by atoms with Crippen LogP contribution in [0.4, 0.5) is 4.39 Å². The summed E-state index contributed by atoms with van der Waals surface area (Å²) in [5.74, 6) is -0.180. The summed E-state index contributed by atoms with van der Waals surface area (Å²) in [4.78, 5) is 0. The summed E-state index contributed by atoms with van der Waals surface area (Å²) in [6, 6.07) is 4.83. The van der Waals surface area contributed by atoms with Crippen molar-refractivity contribution in [3.05, 3.63) is 35.1 Å². The Kier molecular flexibility index (Phi) is 1.48. The Morgan fingerprint density at radius 2 is 2.08 bits per heavy atom. The van der Waals surface area contributed by atoms with E-state index in [1.165, 1.54) is 6.07 Å². The van der Waals surface area contributed by atoms with Crippen LogP contribution in [0.1, 0.15) is 24.0 Å². The van der Waals surface area contributed by atoms with E-state index in [1.54, 1.807) is 12.1 Å². The predicted octanol–water partition coefficient (Wildman–Crippen LogP) is 2.08. The number of nitrogens with two attached hydrogens (primary N) is 1. The monoisotopic (exact) mass is 165 g/mol. The standard InChI is InChI=1S/C10H12FN/c1-7-6-8(11)2-3-9(7)10(12)4-5-10/h2-3,6H,4-5,12H2,1H3. The Bertz CT molecular complexity index is 316. The normalized spacial score (nSPS) is 19.2. The first kappa shape index (κ1) is 7.74. The molecule has 0 aliphatic heterocycles. The SMILES string of the molecule is Cc1cc(F)ccc1C1(N)CC1. The molecule has 0 amide bonds. The minimum absolute atomic E-state index is 0.141. The number of aryl methyl sites for hydroxylation is 1. The first-order chi connectivity index (χ1) is 5.62. The molecular weight excluding hydrogens is 153 g/mol. The molecule has 0 atom stereocenters. The molecule has 1 nitrogen and oxygen atoms in total. The summed E-state index contributed by atoms with van der Waals surface area (Å²) in [7, 11) is 0. The van der Waals surface area contributed by atoms with Gasteiger partial charge in [-0.25, -0.2) is 4.39 Å². The van der Waals surface area contributed by atoms with Crippen LogP contribution in [0.25, 0.3) is 0 Å². The molecule has 12 heavy (non-hydrogen) atoms. The van der Waals surface area contributed by atoms with Crippen molar-refractivity contribution in [3.63, 3.8) is 0 Å². The lowest BCUT2D eigenvalue weighted by Crippen LogP contribution is -2.19. The van der Waals surface area contributed by atoms with E-state index in [-0.39, 0.29) is 11.4 Å². The van der Waals surface area contributed by atoms with Crippen molar-refractivity contribution >= 4 is 0 Å². The maximum absolute atomic E-state index is 12.7. The predicted molar refractivity (Wildman–Crippen MR) is 46.2 cm³/mol. The van der Waals surface area contributed by atoms with Crippen molar-refractivity contribution in [3.8, 4) is 0 Å². The Morgan fingerprint density at radius 1 is 1.42 bits per heavy atom. The average Bonchev–Trinajstić information content (AvgIpc) is 2.68. The molecule has 1 aromatic carbocycles. The smallest absolute Gasteiger partial charge is 0.123 e. The van der Waals surface area contributed by atoms with E-state index in [1.807, 2.05) is 6.92 Å². The molecule has 64 valence electrons. The minimum atomic E-state index is -0.180. The molecule has 0 heterocycles. The fourth-order valence-electron chi connectivity index (χ4n) is 1.59. The van der Waals surface area contributed by atoms with Crippen LogP contribution in [-0.4, -0.2) is 0 Å².